The van der Waals surface area contributed by atoms with E-state index in [4.69, 9.17) is 4.74 Å². The molecule has 3 aromatic rings. The van der Waals surface area contributed by atoms with Crippen LogP contribution in [0.15, 0.2) is 77.6 Å². The number of hydrogen-bond donors (Lipinski definition) is 0. The van der Waals surface area contributed by atoms with Crippen LogP contribution < -0.4 is 5.56 Å². The summed E-state index contributed by atoms with van der Waals surface area (Å²) in [7, 11) is 0. The number of nitrogens with zero attached hydrogens (tertiary/aromatic N) is 2. The van der Waals surface area contributed by atoms with Crippen LogP contribution in [0.4, 0.5) is 0 Å². The monoisotopic (exact) mass is 306 g/mol. The van der Waals surface area contributed by atoms with Crippen LogP contribution in [0.3, 0.4) is 0 Å². The van der Waals surface area contributed by atoms with Crippen LogP contribution in [0.5, 0.6) is 0 Å². The van der Waals surface area contributed by atoms with Crippen LogP contribution >= 0.6 is 0 Å². The largest absolute Gasteiger partial charge is 0.370 e. The van der Waals surface area contributed by atoms with E-state index in [1.807, 2.05) is 60.7 Å². The molecule has 0 aliphatic heterocycles. The lowest BCUT2D eigenvalue weighted by Crippen LogP contribution is -2.23. The van der Waals surface area contributed by atoms with Gasteiger partial charge in [-0.2, -0.15) is 5.10 Å². The van der Waals surface area contributed by atoms with E-state index < -0.39 is 0 Å². The van der Waals surface area contributed by atoms with Gasteiger partial charge in [0.05, 0.1) is 25.5 Å². The lowest BCUT2D eigenvalue weighted by molar-refractivity contribution is 0.103. The Bertz CT molecular complexity index is 798. The normalized spacial score (nSPS) is 10.6. The molecular formula is C19H18N2O2. The minimum atomic E-state index is -0.110. The van der Waals surface area contributed by atoms with E-state index in [2.05, 4.69) is 5.10 Å². The molecule has 3 rings (SSSR count). The SMILES string of the molecule is O=c1ccc(COCc2ccccc2)nn1Cc1ccccc1. The van der Waals surface area contributed by atoms with Gasteiger partial charge in [0.1, 0.15) is 0 Å². The van der Waals surface area contributed by atoms with E-state index in [9.17, 15) is 4.79 Å². The molecule has 0 atom stereocenters. The van der Waals surface area contributed by atoms with Gasteiger partial charge in [-0.3, -0.25) is 4.79 Å². The van der Waals surface area contributed by atoms with Crippen molar-refractivity contribution in [2.45, 2.75) is 19.8 Å². The molecule has 0 saturated heterocycles. The second-order valence-electron chi connectivity index (χ2n) is 5.28. The predicted octanol–water partition coefficient (Wildman–Crippen LogP) is 3.01. The van der Waals surface area contributed by atoms with Crippen LogP contribution in [0, 0.1) is 0 Å². The number of benzene rings is 2. The molecular weight excluding hydrogens is 288 g/mol. The first-order valence-corrected chi connectivity index (χ1v) is 7.54. The smallest absolute Gasteiger partial charge is 0.267 e. The average Bonchev–Trinajstić information content (AvgIpc) is 2.60. The van der Waals surface area contributed by atoms with E-state index in [1.165, 1.54) is 10.7 Å². The number of hydrogen-bond acceptors (Lipinski definition) is 3. The van der Waals surface area contributed by atoms with Gasteiger partial charge in [0.15, 0.2) is 0 Å². The van der Waals surface area contributed by atoms with Gasteiger partial charge in [-0.15, -0.1) is 0 Å². The zero-order valence-corrected chi connectivity index (χ0v) is 12.8. The lowest BCUT2D eigenvalue weighted by atomic mass is 10.2. The van der Waals surface area contributed by atoms with E-state index in [1.54, 1.807) is 6.07 Å². The molecule has 0 radical (unpaired) electrons. The summed E-state index contributed by atoms with van der Waals surface area (Å²) in [6.07, 6.45) is 0. The fourth-order valence-corrected chi connectivity index (χ4v) is 2.29. The Kier molecular flexibility index (Phi) is 4.96. The molecule has 0 saturated carbocycles. The van der Waals surface area contributed by atoms with Crippen molar-refractivity contribution >= 4 is 0 Å². The molecule has 4 nitrogen and oxygen atoms in total. The average molecular weight is 306 g/mol. The van der Waals surface area contributed by atoms with Crippen LogP contribution in [0.1, 0.15) is 16.8 Å². The highest BCUT2D eigenvalue weighted by molar-refractivity contribution is 5.15. The fourth-order valence-electron chi connectivity index (χ4n) is 2.29. The van der Waals surface area contributed by atoms with E-state index >= 15 is 0 Å². The van der Waals surface area contributed by atoms with E-state index in [0.29, 0.717) is 19.8 Å². The zero-order valence-electron chi connectivity index (χ0n) is 12.8. The molecule has 0 aliphatic carbocycles. The van der Waals surface area contributed by atoms with Crippen LogP contribution in [-0.4, -0.2) is 9.78 Å². The minimum Gasteiger partial charge on any atom is -0.370 e. The topological polar surface area (TPSA) is 44.1 Å². The van der Waals surface area contributed by atoms with Gasteiger partial charge < -0.3 is 4.74 Å². The molecule has 0 amide bonds. The maximum Gasteiger partial charge on any atom is 0.267 e. The number of rotatable bonds is 6. The van der Waals surface area contributed by atoms with E-state index in [0.717, 1.165) is 16.8 Å². The van der Waals surface area contributed by atoms with Crippen molar-refractivity contribution in [1.82, 2.24) is 9.78 Å². The summed E-state index contributed by atoms with van der Waals surface area (Å²) >= 11 is 0. The Balaban J connectivity index is 1.64. The summed E-state index contributed by atoms with van der Waals surface area (Å²) in [4.78, 5) is 11.9. The van der Waals surface area contributed by atoms with Crippen molar-refractivity contribution < 1.29 is 4.74 Å². The molecule has 0 fully saturated rings. The summed E-state index contributed by atoms with van der Waals surface area (Å²) in [5, 5.41) is 4.38. The minimum absolute atomic E-state index is 0.110. The first-order chi connectivity index (χ1) is 11.3. The molecule has 1 aromatic heterocycles. The third kappa shape index (κ3) is 4.37. The first-order valence-electron chi connectivity index (χ1n) is 7.54. The molecule has 0 spiro atoms. The third-order valence-corrected chi connectivity index (χ3v) is 3.46. The van der Waals surface area contributed by atoms with Crippen molar-refractivity contribution in [2.75, 3.05) is 0 Å². The van der Waals surface area contributed by atoms with Gasteiger partial charge in [-0.05, 0) is 17.2 Å². The Hall–Kier alpha value is -2.72. The maximum atomic E-state index is 11.9. The van der Waals surface area contributed by atoms with Gasteiger partial charge >= 0.3 is 0 Å². The van der Waals surface area contributed by atoms with Crippen molar-refractivity contribution in [3.05, 3.63) is 100.0 Å². The summed E-state index contributed by atoms with van der Waals surface area (Å²) in [6, 6.07) is 23.0. The summed E-state index contributed by atoms with van der Waals surface area (Å²) in [6.45, 7) is 1.37. The Labute approximate surface area is 135 Å². The standard InChI is InChI=1S/C19H18N2O2/c22-19-12-11-18(15-23-14-17-9-5-2-6-10-17)20-21(19)13-16-7-3-1-4-8-16/h1-12H,13-15H2. The first kappa shape index (κ1) is 15.2. The summed E-state index contributed by atoms with van der Waals surface area (Å²) in [5.74, 6) is 0. The highest BCUT2D eigenvalue weighted by Crippen LogP contribution is 2.04. The molecule has 0 N–H and O–H groups in total. The van der Waals surface area contributed by atoms with Gasteiger partial charge in [0, 0.05) is 6.07 Å². The van der Waals surface area contributed by atoms with Gasteiger partial charge in [0.25, 0.3) is 5.56 Å². The summed E-state index contributed by atoms with van der Waals surface area (Å²) in [5.41, 5.74) is 2.80. The lowest BCUT2D eigenvalue weighted by Gasteiger charge is -2.08. The summed E-state index contributed by atoms with van der Waals surface area (Å²) < 4.78 is 7.14. The molecule has 116 valence electrons. The highest BCUT2D eigenvalue weighted by atomic mass is 16.5. The second-order valence-corrected chi connectivity index (χ2v) is 5.28. The van der Waals surface area contributed by atoms with Crippen molar-refractivity contribution in [2.24, 2.45) is 0 Å². The van der Waals surface area contributed by atoms with Crippen LogP contribution in [0.25, 0.3) is 0 Å². The molecule has 0 unspecified atom stereocenters. The molecule has 1 heterocycles. The quantitative estimate of drug-likeness (QED) is 0.703. The number of ether oxygens (including phenoxy) is 1. The molecule has 23 heavy (non-hydrogen) atoms. The molecule has 0 aliphatic rings. The van der Waals surface area contributed by atoms with Crippen LogP contribution in [-0.2, 0) is 24.5 Å². The Morgan fingerprint density at radius 2 is 1.43 bits per heavy atom. The zero-order chi connectivity index (χ0) is 15.9. The highest BCUT2D eigenvalue weighted by Gasteiger charge is 2.02. The fraction of sp³-hybridized carbons (Fsp3) is 0.158. The Morgan fingerprint density at radius 3 is 2.13 bits per heavy atom. The number of aromatic nitrogens is 2. The van der Waals surface area contributed by atoms with Crippen molar-refractivity contribution in [3.8, 4) is 0 Å². The van der Waals surface area contributed by atoms with Crippen molar-refractivity contribution in [3.63, 3.8) is 0 Å². The molecule has 4 heteroatoms. The third-order valence-electron chi connectivity index (χ3n) is 3.46. The van der Waals surface area contributed by atoms with Crippen molar-refractivity contribution in [1.29, 1.82) is 0 Å². The maximum absolute atomic E-state index is 11.9. The second kappa shape index (κ2) is 7.51. The predicted molar refractivity (Wildman–Crippen MR) is 89.0 cm³/mol. The van der Waals surface area contributed by atoms with E-state index in [-0.39, 0.29) is 5.56 Å². The van der Waals surface area contributed by atoms with Gasteiger partial charge in [-0.25, -0.2) is 4.68 Å². The molecule has 2 aromatic carbocycles. The van der Waals surface area contributed by atoms with Gasteiger partial charge in [0.2, 0.25) is 0 Å². The van der Waals surface area contributed by atoms with Crippen LogP contribution in [0.2, 0.25) is 0 Å². The molecule has 0 bridgehead atoms. The van der Waals surface area contributed by atoms with Gasteiger partial charge in [-0.1, -0.05) is 60.7 Å². The Morgan fingerprint density at radius 1 is 0.783 bits per heavy atom.